The molecule has 0 aliphatic carbocycles. The molecule has 6 nitrogen and oxygen atoms in total. The Hall–Kier alpha value is -3.94. The van der Waals surface area contributed by atoms with E-state index in [9.17, 15) is 9.59 Å². The van der Waals surface area contributed by atoms with E-state index in [0.29, 0.717) is 32.7 Å². The van der Waals surface area contributed by atoms with E-state index in [0.717, 1.165) is 28.1 Å². The number of amides is 2. The van der Waals surface area contributed by atoms with Gasteiger partial charge in [-0.3, -0.25) is 14.5 Å². The summed E-state index contributed by atoms with van der Waals surface area (Å²) >= 11 is 7.15. The molecule has 0 N–H and O–H groups in total. The van der Waals surface area contributed by atoms with Gasteiger partial charge in [0.15, 0.2) is 11.5 Å². The van der Waals surface area contributed by atoms with Gasteiger partial charge in [0.25, 0.3) is 11.1 Å². The second-order valence-corrected chi connectivity index (χ2v) is 9.85. The minimum atomic E-state index is -0.351. The Kier molecular flexibility index (Phi) is 7.86. The molecule has 1 heterocycles. The molecular formula is C30H24ClNO5S. The van der Waals surface area contributed by atoms with E-state index >= 15 is 0 Å². The average molecular weight is 546 g/mol. The van der Waals surface area contributed by atoms with Crippen LogP contribution in [0.3, 0.4) is 0 Å². The van der Waals surface area contributed by atoms with Gasteiger partial charge in [0.1, 0.15) is 19.0 Å². The van der Waals surface area contributed by atoms with Crippen molar-refractivity contribution >= 4 is 51.4 Å². The monoisotopic (exact) mass is 545 g/mol. The molecule has 1 aliphatic rings. The number of hydrogen-bond acceptors (Lipinski definition) is 6. The quantitative estimate of drug-likeness (QED) is 0.207. The fourth-order valence-electron chi connectivity index (χ4n) is 4.08. The summed E-state index contributed by atoms with van der Waals surface area (Å²) < 4.78 is 17.3. The van der Waals surface area contributed by atoms with Gasteiger partial charge in [0.05, 0.1) is 18.6 Å². The van der Waals surface area contributed by atoms with Crippen LogP contribution in [0.15, 0.2) is 89.8 Å². The van der Waals surface area contributed by atoms with Crippen LogP contribution in [-0.2, 0) is 11.4 Å². The van der Waals surface area contributed by atoms with Gasteiger partial charge in [-0.05, 0) is 53.1 Å². The lowest BCUT2D eigenvalue weighted by molar-refractivity contribution is -0.123. The molecule has 5 rings (SSSR count). The van der Waals surface area contributed by atoms with Gasteiger partial charge in [-0.15, -0.1) is 0 Å². The standard InChI is InChI=1S/C30H24ClNO5S/c1-35-26-14-13-20(17-27(26)37-19-22-8-3-5-11-24(22)31)18-28-29(33)32(30(34)38-28)15-16-36-25-12-6-9-21-7-2-4-10-23(21)25/h2-14,17-18H,15-16,19H2,1H3/b28-18-. The predicted molar refractivity (Wildman–Crippen MR) is 151 cm³/mol. The first-order chi connectivity index (χ1) is 18.5. The molecule has 1 aliphatic heterocycles. The molecular weight excluding hydrogens is 522 g/mol. The number of carbonyl (C=O) groups is 2. The molecule has 0 spiro atoms. The summed E-state index contributed by atoms with van der Waals surface area (Å²) in [5, 5.41) is 2.33. The lowest BCUT2D eigenvalue weighted by atomic mass is 10.1. The van der Waals surface area contributed by atoms with Gasteiger partial charge < -0.3 is 14.2 Å². The Morgan fingerprint density at radius 2 is 1.66 bits per heavy atom. The Bertz CT molecular complexity index is 1530. The molecule has 0 saturated carbocycles. The van der Waals surface area contributed by atoms with Gasteiger partial charge in [-0.2, -0.15) is 0 Å². The van der Waals surface area contributed by atoms with Crippen molar-refractivity contribution in [2.24, 2.45) is 0 Å². The van der Waals surface area contributed by atoms with Crippen LogP contribution in [-0.4, -0.2) is 36.3 Å². The fraction of sp³-hybridized carbons (Fsp3) is 0.133. The van der Waals surface area contributed by atoms with Crippen molar-refractivity contribution < 1.29 is 23.8 Å². The topological polar surface area (TPSA) is 65.1 Å². The van der Waals surface area contributed by atoms with Gasteiger partial charge in [0.2, 0.25) is 0 Å². The second kappa shape index (κ2) is 11.6. The highest BCUT2D eigenvalue weighted by Gasteiger charge is 2.34. The van der Waals surface area contributed by atoms with Crippen molar-refractivity contribution in [3.8, 4) is 17.2 Å². The lowest BCUT2D eigenvalue weighted by Gasteiger charge is -2.14. The number of fused-ring (bicyclic) bond motifs is 1. The van der Waals surface area contributed by atoms with E-state index in [1.165, 1.54) is 4.90 Å². The number of benzene rings is 4. The number of ether oxygens (including phenoxy) is 3. The maximum absolute atomic E-state index is 13.0. The van der Waals surface area contributed by atoms with E-state index < -0.39 is 0 Å². The van der Waals surface area contributed by atoms with E-state index in [2.05, 4.69) is 0 Å². The third-order valence-electron chi connectivity index (χ3n) is 6.02. The molecule has 8 heteroatoms. The van der Waals surface area contributed by atoms with Crippen LogP contribution in [0.1, 0.15) is 11.1 Å². The summed E-state index contributed by atoms with van der Waals surface area (Å²) in [4.78, 5) is 27.2. The average Bonchev–Trinajstić information content (AvgIpc) is 3.20. The maximum Gasteiger partial charge on any atom is 0.293 e. The molecule has 1 fully saturated rings. The number of nitrogens with zero attached hydrogens (tertiary/aromatic N) is 1. The molecule has 4 aromatic rings. The van der Waals surface area contributed by atoms with E-state index in [4.69, 9.17) is 25.8 Å². The lowest BCUT2D eigenvalue weighted by Crippen LogP contribution is -2.32. The Morgan fingerprint density at radius 1 is 0.868 bits per heavy atom. The summed E-state index contributed by atoms with van der Waals surface area (Å²) in [6, 6.07) is 26.5. The van der Waals surface area contributed by atoms with Gasteiger partial charge >= 0.3 is 0 Å². The zero-order chi connectivity index (χ0) is 26.5. The van der Waals surface area contributed by atoms with Crippen molar-refractivity contribution in [1.29, 1.82) is 0 Å². The number of methoxy groups -OCH3 is 1. The van der Waals surface area contributed by atoms with Crippen LogP contribution in [0.2, 0.25) is 5.02 Å². The highest BCUT2D eigenvalue weighted by atomic mass is 35.5. The summed E-state index contributed by atoms with van der Waals surface area (Å²) in [6.45, 7) is 0.606. The largest absolute Gasteiger partial charge is 0.493 e. The van der Waals surface area contributed by atoms with Crippen LogP contribution in [0.4, 0.5) is 4.79 Å². The smallest absolute Gasteiger partial charge is 0.293 e. The van der Waals surface area contributed by atoms with Crippen LogP contribution in [0.5, 0.6) is 17.2 Å². The fourth-order valence-corrected chi connectivity index (χ4v) is 5.13. The van der Waals surface area contributed by atoms with Gasteiger partial charge in [0, 0.05) is 16.0 Å². The van der Waals surface area contributed by atoms with Crippen molar-refractivity contribution in [2.75, 3.05) is 20.3 Å². The summed E-state index contributed by atoms with van der Waals surface area (Å²) in [6.07, 6.45) is 1.68. The SMILES string of the molecule is COc1ccc(/C=C2\SC(=O)N(CCOc3cccc4ccccc34)C2=O)cc1OCc1ccccc1Cl. The highest BCUT2D eigenvalue weighted by molar-refractivity contribution is 8.18. The van der Waals surface area contributed by atoms with Crippen molar-refractivity contribution in [1.82, 2.24) is 4.90 Å². The van der Waals surface area contributed by atoms with E-state index in [1.54, 1.807) is 37.5 Å². The first-order valence-electron chi connectivity index (χ1n) is 11.9. The number of halogens is 1. The Morgan fingerprint density at radius 3 is 2.50 bits per heavy atom. The Labute approximate surface area is 229 Å². The molecule has 0 atom stereocenters. The number of carbonyl (C=O) groups excluding carboxylic acids is 2. The van der Waals surface area contributed by atoms with Crippen LogP contribution in [0, 0.1) is 0 Å². The zero-order valence-electron chi connectivity index (χ0n) is 20.6. The molecule has 4 aromatic carbocycles. The molecule has 1 saturated heterocycles. The van der Waals surface area contributed by atoms with Crippen LogP contribution >= 0.6 is 23.4 Å². The number of thioether (sulfide) groups is 1. The zero-order valence-corrected chi connectivity index (χ0v) is 22.1. The molecule has 0 radical (unpaired) electrons. The second-order valence-electron chi connectivity index (χ2n) is 8.45. The first-order valence-corrected chi connectivity index (χ1v) is 13.1. The maximum atomic E-state index is 13.0. The van der Waals surface area contributed by atoms with Crippen LogP contribution < -0.4 is 14.2 Å². The molecule has 2 amide bonds. The normalized spacial score (nSPS) is 14.4. The third-order valence-corrected chi connectivity index (χ3v) is 7.30. The summed E-state index contributed by atoms with van der Waals surface area (Å²) in [5.41, 5.74) is 1.55. The minimum Gasteiger partial charge on any atom is -0.493 e. The summed E-state index contributed by atoms with van der Waals surface area (Å²) in [5.74, 6) is 1.42. The van der Waals surface area contributed by atoms with Crippen molar-refractivity contribution in [3.63, 3.8) is 0 Å². The highest BCUT2D eigenvalue weighted by Crippen LogP contribution is 2.35. The van der Waals surface area contributed by atoms with Gasteiger partial charge in [-0.1, -0.05) is 72.3 Å². The number of rotatable bonds is 9. The van der Waals surface area contributed by atoms with E-state index in [1.807, 2.05) is 60.7 Å². The number of hydrogen-bond donors (Lipinski definition) is 0. The predicted octanol–water partition coefficient (Wildman–Crippen LogP) is 7.20. The molecule has 192 valence electrons. The van der Waals surface area contributed by atoms with Crippen molar-refractivity contribution in [2.45, 2.75) is 6.61 Å². The minimum absolute atomic E-state index is 0.153. The molecule has 38 heavy (non-hydrogen) atoms. The molecule has 0 unspecified atom stereocenters. The third kappa shape index (κ3) is 5.64. The molecule has 0 bridgehead atoms. The Balaban J connectivity index is 1.26. The van der Waals surface area contributed by atoms with Crippen LogP contribution in [0.25, 0.3) is 16.8 Å². The van der Waals surface area contributed by atoms with Gasteiger partial charge in [-0.25, -0.2) is 0 Å². The molecule has 0 aromatic heterocycles. The van der Waals surface area contributed by atoms with Crippen molar-refractivity contribution in [3.05, 3.63) is 106 Å². The number of imide groups is 1. The van der Waals surface area contributed by atoms with E-state index in [-0.39, 0.29) is 30.9 Å². The first kappa shape index (κ1) is 25.7. The summed E-state index contributed by atoms with van der Waals surface area (Å²) in [7, 11) is 1.56.